The molecule has 0 aliphatic carbocycles. The minimum Gasteiger partial charge on any atom is -0.368 e. The maximum atomic E-state index is 5.61. The van der Waals surface area contributed by atoms with Crippen LogP contribution in [0.3, 0.4) is 0 Å². The molecule has 4 N–H and O–H groups in total. The second-order valence-corrected chi connectivity index (χ2v) is 7.64. The number of rotatable bonds is 7. The van der Waals surface area contributed by atoms with Crippen molar-refractivity contribution >= 4 is 81.6 Å². The quantitative estimate of drug-likeness (QED) is 0.530. The van der Waals surface area contributed by atoms with Gasteiger partial charge in [0.05, 0.1) is 0 Å². The van der Waals surface area contributed by atoms with Crippen LogP contribution in [0.1, 0.15) is 0 Å². The molecule has 1 heterocycles. The minimum atomic E-state index is 0.127. The van der Waals surface area contributed by atoms with Gasteiger partial charge in [-0.15, -0.1) is 0 Å². The van der Waals surface area contributed by atoms with Crippen LogP contribution in [-0.2, 0) is 0 Å². The molecule has 19 heavy (non-hydrogen) atoms. The molecule has 0 spiro atoms. The van der Waals surface area contributed by atoms with E-state index in [9.17, 15) is 0 Å². The molecule has 6 nitrogen and oxygen atoms in total. The highest BCUT2D eigenvalue weighted by molar-refractivity contribution is 9.12. The third-order valence-corrected chi connectivity index (χ3v) is 6.64. The number of nitrogen functional groups attached to an aromatic ring is 2. The molecule has 0 amide bonds. The van der Waals surface area contributed by atoms with Crippen molar-refractivity contribution in [2.45, 2.75) is 9.65 Å². The Balaban J connectivity index is 2.93. The van der Waals surface area contributed by atoms with E-state index < -0.39 is 0 Å². The van der Waals surface area contributed by atoms with Gasteiger partial charge in [0, 0.05) is 33.4 Å². The van der Waals surface area contributed by atoms with E-state index in [0.29, 0.717) is 5.95 Å². The first-order chi connectivity index (χ1) is 8.96. The molecule has 0 bridgehead atoms. The lowest BCUT2D eigenvalue weighted by atomic mass is 10.3. The molecule has 1 rings (SSSR count). The van der Waals surface area contributed by atoms with Gasteiger partial charge < -0.3 is 16.4 Å². The van der Waals surface area contributed by atoms with E-state index in [1.165, 1.54) is 0 Å². The number of aromatic nitrogens is 3. The number of anilines is 3. The van der Waals surface area contributed by atoms with Crippen LogP contribution in [-0.4, -0.2) is 48.4 Å². The molecule has 0 aliphatic heterocycles. The number of hydrogen-bond donors (Lipinski definition) is 2. The summed E-state index contributed by atoms with van der Waals surface area (Å²) in [7, 11) is 0. The Bertz CT molecular complexity index is 374. The van der Waals surface area contributed by atoms with Crippen LogP contribution in [0.4, 0.5) is 17.8 Å². The molecule has 0 saturated heterocycles. The van der Waals surface area contributed by atoms with Gasteiger partial charge in [0.25, 0.3) is 0 Å². The van der Waals surface area contributed by atoms with E-state index >= 15 is 0 Å². The molecule has 10 heteroatoms. The summed E-state index contributed by atoms with van der Waals surface area (Å²) in [4.78, 5) is 14.6. The van der Waals surface area contributed by atoms with Gasteiger partial charge in [-0.05, 0) is 0 Å². The van der Waals surface area contributed by atoms with Gasteiger partial charge in [0.1, 0.15) is 0 Å². The summed E-state index contributed by atoms with van der Waals surface area (Å²) in [5, 5.41) is 1.64. The SMILES string of the molecule is Nc1nc(N)nc(N(C[C@@H](Br)CBr)C[C@@H](Br)CBr)n1. The van der Waals surface area contributed by atoms with Crippen molar-refractivity contribution in [2.24, 2.45) is 0 Å². The zero-order valence-corrected chi connectivity index (χ0v) is 16.3. The summed E-state index contributed by atoms with van der Waals surface area (Å²) >= 11 is 14.0. The molecule has 0 aromatic carbocycles. The summed E-state index contributed by atoms with van der Waals surface area (Å²) in [5.41, 5.74) is 11.2. The van der Waals surface area contributed by atoms with Crippen LogP contribution in [0.25, 0.3) is 0 Å². The molecular weight excluding hydrogens is 512 g/mol. The van der Waals surface area contributed by atoms with Crippen molar-refractivity contribution < 1.29 is 0 Å². The van der Waals surface area contributed by atoms with Gasteiger partial charge in [0.15, 0.2) is 0 Å². The van der Waals surface area contributed by atoms with Crippen LogP contribution in [0.15, 0.2) is 0 Å². The molecule has 1 aromatic heterocycles. The highest BCUT2D eigenvalue weighted by Gasteiger charge is 2.18. The second kappa shape index (κ2) is 8.58. The Kier molecular flexibility index (Phi) is 7.85. The number of hydrogen-bond acceptors (Lipinski definition) is 6. The van der Waals surface area contributed by atoms with Crippen LogP contribution in [0.2, 0.25) is 0 Å². The highest BCUT2D eigenvalue weighted by atomic mass is 79.9. The summed E-state index contributed by atoms with van der Waals surface area (Å²) in [6, 6.07) is 0. The Morgan fingerprint density at radius 1 is 0.895 bits per heavy atom. The maximum Gasteiger partial charge on any atom is 0.232 e. The van der Waals surface area contributed by atoms with E-state index in [2.05, 4.69) is 78.7 Å². The number of halogens is 4. The topological polar surface area (TPSA) is 93.9 Å². The third-order valence-electron chi connectivity index (χ3n) is 2.11. The first-order valence-corrected chi connectivity index (χ1v) is 9.45. The molecule has 0 fully saturated rings. The fourth-order valence-electron chi connectivity index (χ4n) is 1.35. The van der Waals surface area contributed by atoms with E-state index in [1.54, 1.807) is 0 Å². The monoisotopic (exact) mass is 522 g/mol. The highest BCUT2D eigenvalue weighted by Crippen LogP contribution is 2.17. The van der Waals surface area contributed by atoms with Gasteiger partial charge in [-0.25, -0.2) is 0 Å². The van der Waals surface area contributed by atoms with Crippen LogP contribution >= 0.6 is 63.7 Å². The zero-order chi connectivity index (χ0) is 14.4. The second-order valence-electron chi connectivity index (χ2n) is 3.76. The Morgan fingerprint density at radius 3 is 1.68 bits per heavy atom. The molecule has 0 saturated carbocycles. The fraction of sp³-hybridized carbons (Fsp3) is 0.667. The normalized spacial score (nSPS) is 14.1. The van der Waals surface area contributed by atoms with E-state index in [4.69, 9.17) is 11.5 Å². The molecule has 0 aliphatic rings. The van der Waals surface area contributed by atoms with Gasteiger partial charge >= 0.3 is 0 Å². The summed E-state index contributed by atoms with van der Waals surface area (Å²) in [5.74, 6) is 0.741. The van der Waals surface area contributed by atoms with Crippen molar-refractivity contribution in [2.75, 3.05) is 40.1 Å². The predicted molar refractivity (Wildman–Crippen MR) is 93.9 cm³/mol. The molecule has 2 atom stereocenters. The van der Waals surface area contributed by atoms with Crippen LogP contribution < -0.4 is 16.4 Å². The lowest BCUT2D eigenvalue weighted by Gasteiger charge is -2.26. The van der Waals surface area contributed by atoms with Gasteiger partial charge in [0.2, 0.25) is 17.8 Å². The third kappa shape index (κ3) is 6.09. The summed E-state index contributed by atoms with van der Waals surface area (Å²) < 4.78 is 0. The number of nitrogens with zero attached hydrogens (tertiary/aromatic N) is 4. The molecule has 0 radical (unpaired) electrons. The average Bonchev–Trinajstić information content (AvgIpc) is 2.36. The van der Waals surface area contributed by atoms with Crippen molar-refractivity contribution in [1.29, 1.82) is 0 Å². The Labute approximate surface area is 145 Å². The maximum absolute atomic E-state index is 5.61. The van der Waals surface area contributed by atoms with E-state index in [1.807, 2.05) is 4.90 Å². The Morgan fingerprint density at radius 2 is 1.32 bits per heavy atom. The van der Waals surface area contributed by atoms with Gasteiger partial charge in [-0.3, -0.25) is 0 Å². The van der Waals surface area contributed by atoms with Crippen molar-refractivity contribution in [1.82, 2.24) is 15.0 Å². The van der Waals surface area contributed by atoms with Crippen LogP contribution in [0.5, 0.6) is 0 Å². The molecule has 1 aromatic rings. The molecule has 0 unspecified atom stereocenters. The lowest BCUT2D eigenvalue weighted by Crippen LogP contribution is -2.37. The molecular formula is C9H14Br4N6. The number of nitrogens with two attached hydrogens (primary N) is 2. The van der Waals surface area contributed by atoms with E-state index in [-0.39, 0.29) is 21.6 Å². The summed E-state index contributed by atoms with van der Waals surface area (Å²) in [6.07, 6.45) is 0. The lowest BCUT2D eigenvalue weighted by molar-refractivity contribution is 0.750. The standard InChI is InChI=1S/C9H14Br4N6/c10-1-5(12)3-19(4-6(13)2-11)9-17-7(14)16-8(15)18-9/h5-6H,1-4H2,(H4,14,15,16,17,18)/t5-,6-/m0/s1. The summed E-state index contributed by atoms with van der Waals surface area (Å²) in [6.45, 7) is 1.45. The minimum absolute atomic E-state index is 0.127. The first-order valence-electron chi connectivity index (χ1n) is 5.38. The van der Waals surface area contributed by atoms with Gasteiger partial charge in [-0.1, -0.05) is 63.7 Å². The fourth-order valence-corrected chi connectivity index (χ4v) is 2.46. The van der Waals surface area contributed by atoms with Gasteiger partial charge in [-0.2, -0.15) is 15.0 Å². The predicted octanol–water partition coefficient (Wildman–Crippen LogP) is 2.16. The average molecular weight is 526 g/mol. The van der Waals surface area contributed by atoms with Crippen molar-refractivity contribution in [3.05, 3.63) is 0 Å². The van der Waals surface area contributed by atoms with Crippen molar-refractivity contribution in [3.63, 3.8) is 0 Å². The number of alkyl halides is 4. The zero-order valence-electron chi connectivity index (χ0n) is 9.94. The van der Waals surface area contributed by atoms with Crippen molar-refractivity contribution in [3.8, 4) is 0 Å². The largest absolute Gasteiger partial charge is 0.368 e. The van der Waals surface area contributed by atoms with E-state index in [0.717, 1.165) is 23.7 Å². The Hall–Kier alpha value is 0.330. The van der Waals surface area contributed by atoms with Crippen LogP contribution in [0, 0.1) is 0 Å². The molecule has 108 valence electrons. The first kappa shape index (κ1) is 17.4. The smallest absolute Gasteiger partial charge is 0.232 e.